The van der Waals surface area contributed by atoms with Crippen LogP contribution in [-0.4, -0.2) is 14.0 Å². The predicted octanol–water partition coefficient (Wildman–Crippen LogP) is 7.29. The summed E-state index contributed by atoms with van der Waals surface area (Å²) in [6, 6.07) is 33.0. The molecule has 0 fully saturated rings. The Morgan fingerprint density at radius 1 is 0.656 bits per heavy atom. The van der Waals surface area contributed by atoms with E-state index in [4.69, 9.17) is 11.6 Å². The van der Waals surface area contributed by atoms with Crippen molar-refractivity contribution < 1.29 is 0 Å². The van der Waals surface area contributed by atoms with Gasteiger partial charge in [-0.05, 0) is 29.7 Å². The Kier molecular flexibility index (Phi) is 3.31. The quantitative estimate of drug-likeness (QED) is 0.262. The third-order valence-corrected chi connectivity index (χ3v) is 6.30. The van der Waals surface area contributed by atoms with Gasteiger partial charge in [0.15, 0.2) is 0 Å². The summed E-state index contributed by atoms with van der Waals surface area (Å²) in [5, 5.41) is 4.63. The molecule has 4 heteroatoms. The fourth-order valence-corrected chi connectivity index (χ4v) is 5.01. The number of aromatic nitrogens is 3. The van der Waals surface area contributed by atoms with E-state index in [0.29, 0.717) is 5.69 Å². The SMILES string of the molecule is [C-]#[N+]c1ccccc1-n1c2ccccc2c2c3ccccc3c3nc4ccccc4n3c21. The third-order valence-electron chi connectivity index (χ3n) is 6.30. The summed E-state index contributed by atoms with van der Waals surface area (Å²) < 4.78 is 4.49. The van der Waals surface area contributed by atoms with Crippen molar-refractivity contribution in [3.05, 3.63) is 108 Å². The lowest BCUT2D eigenvalue weighted by Crippen LogP contribution is -1.99. The van der Waals surface area contributed by atoms with E-state index in [1.165, 1.54) is 10.8 Å². The van der Waals surface area contributed by atoms with Gasteiger partial charge in [0.2, 0.25) is 5.69 Å². The van der Waals surface area contributed by atoms with Crippen LogP contribution in [0.25, 0.3) is 59.9 Å². The molecule has 4 nitrogen and oxygen atoms in total. The van der Waals surface area contributed by atoms with E-state index in [-0.39, 0.29) is 0 Å². The molecule has 0 aliphatic rings. The molecule has 0 saturated heterocycles. The van der Waals surface area contributed by atoms with Crippen LogP contribution in [0.3, 0.4) is 0 Å². The first kappa shape index (κ1) is 17.1. The van der Waals surface area contributed by atoms with Gasteiger partial charge < -0.3 is 4.57 Å². The second-order valence-corrected chi connectivity index (χ2v) is 7.96. The largest absolute Gasteiger partial charge is 0.305 e. The summed E-state index contributed by atoms with van der Waals surface area (Å²) in [4.78, 5) is 8.87. The van der Waals surface area contributed by atoms with Crippen molar-refractivity contribution in [3.63, 3.8) is 0 Å². The molecule has 0 N–H and O–H groups in total. The third kappa shape index (κ3) is 2.07. The molecule has 3 aromatic heterocycles. The lowest BCUT2D eigenvalue weighted by molar-refractivity contribution is 1.12. The van der Waals surface area contributed by atoms with Gasteiger partial charge in [0.05, 0.1) is 28.8 Å². The normalized spacial score (nSPS) is 11.7. The molecular formula is C28H16N4. The Labute approximate surface area is 183 Å². The van der Waals surface area contributed by atoms with E-state index in [2.05, 4.69) is 80.5 Å². The van der Waals surface area contributed by atoms with Crippen molar-refractivity contribution in [1.29, 1.82) is 0 Å². The van der Waals surface area contributed by atoms with E-state index in [1.54, 1.807) is 0 Å². The van der Waals surface area contributed by atoms with E-state index in [9.17, 15) is 0 Å². The molecule has 0 radical (unpaired) electrons. The highest BCUT2D eigenvalue weighted by Crippen LogP contribution is 2.41. The number of benzene rings is 4. The molecule has 4 aromatic carbocycles. The van der Waals surface area contributed by atoms with E-state index < -0.39 is 0 Å². The van der Waals surface area contributed by atoms with Crippen molar-refractivity contribution >= 4 is 55.1 Å². The minimum Gasteiger partial charge on any atom is -0.305 e. The van der Waals surface area contributed by atoms with E-state index in [0.717, 1.165) is 44.3 Å². The number of fused-ring (bicyclic) bond motifs is 10. The van der Waals surface area contributed by atoms with Gasteiger partial charge in [-0.15, -0.1) is 0 Å². The van der Waals surface area contributed by atoms with Crippen LogP contribution in [0.5, 0.6) is 0 Å². The van der Waals surface area contributed by atoms with Crippen LogP contribution in [0, 0.1) is 6.57 Å². The average Bonchev–Trinajstić information content (AvgIpc) is 3.40. The van der Waals surface area contributed by atoms with Crippen molar-refractivity contribution in [2.24, 2.45) is 0 Å². The fourth-order valence-electron chi connectivity index (χ4n) is 5.01. The van der Waals surface area contributed by atoms with Crippen LogP contribution in [0.15, 0.2) is 97.1 Å². The summed E-state index contributed by atoms with van der Waals surface area (Å²) in [6.07, 6.45) is 0. The highest BCUT2D eigenvalue weighted by atomic mass is 15.1. The summed E-state index contributed by atoms with van der Waals surface area (Å²) in [6.45, 7) is 7.79. The number of para-hydroxylation sites is 5. The number of rotatable bonds is 1. The lowest BCUT2D eigenvalue weighted by atomic mass is 10.1. The van der Waals surface area contributed by atoms with Crippen LogP contribution >= 0.6 is 0 Å². The Hall–Kier alpha value is -4.62. The van der Waals surface area contributed by atoms with Crippen LogP contribution in [0.1, 0.15) is 0 Å². The molecule has 0 atom stereocenters. The first-order valence-electron chi connectivity index (χ1n) is 10.5. The zero-order valence-electron chi connectivity index (χ0n) is 17.0. The molecule has 3 heterocycles. The summed E-state index contributed by atoms with van der Waals surface area (Å²) in [5.74, 6) is 0. The van der Waals surface area contributed by atoms with Crippen molar-refractivity contribution in [1.82, 2.24) is 14.0 Å². The Morgan fingerprint density at radius 3 is 2.16 bits per heavy atom. The lowest BCUT2D eigenvalue weighted by Gasteiger charge is -2.12. The van der Waals surface area contributed by atoms with Gasteiger partial charge in [0.25, 0.3) is 0 Å². The minimum absolute atomic E-state index is 0.626. The first-order valence-corrected chi connectivity index (χ1v) is 10.5. The first-order chi connectivity index (χ1) is 15.9. The molecule has 7 aromatic rings. The predicted molar refractivity (Wildman–Crippen MR) is 131 cm³/mol. The molecule has 32 heavy (non-hydrogen) atoms. The van der Waals surface area contributed by atoms with Crippen molar-refractivity contribution in [2.75, 3.05) is 0 Å². The zero-order chi connectivity index (χ0) is 21.2. The number of imidazole rings is 1. The van der Waals surface area contributed by atoms with E-state index in [1.807, 2.05) is 30.3 Å². The topological polar surface area (TPSA) is 26.6 Å². The molecule has 0 amide bonds. The highest BCUT2D eigenvalue weighted by molar-refractivity contribution is 6.24. The van der Waals surface area contributed by atoms with Crippen molar-refractivity contribution in [3.8, 4) is 5.69 Å². The minimum atomic E-state index is 0.626. The summed E-state index contributed by atoms with van der Waals surface area (Å²) in [7, 11) is 0. The molecule has 0 saturated carbocycles. The second kappa shape index (κ2) is 6.19. The average molecular weight is 408 g/mol. The Morgan fingerprint density at radius 2 is 1.31 bits per heavy atom. The maximum absolute atomic E-state index is 7.79. The summed E-state index contributed by atoms with van der Waals surface area (Å²) in [5.41, 5.74) is 6.56. The van der Waals surface area contributed by atoms with Gasteiger partial charge >= 0.3 is 0 Å². The molecule has 0 bridgehead atoms. The van der Waals surface area contributed by atoms with Crippen molar-refractivity contribution in [2.45, 2.75) is 0 Å². The molecule has 148 valence electrons. The van der Waals surface area contributed by atoms with Gasteiger partial charge in [-0.2, -0.15) is 0 Å². The van der Waals surface area contributed by atoms with Gasteiger partial charge in [-0.25, -0.2) is 9.83 Å². The monoisotopic (exact) mass is 408 g/mol. The molecule has 7 rings (SSSR count). The smallest absolute Gasteiger partial charge is 0.210 e. The van der Waals surface area contributed by atoms with Gasteiger partial charge in [-0.3, -0.25) is 4.40 Å². The van der Waals surface area contributed by atoms with Crippen LogP contribution in [-0.2, 0) is 0 Å². The Bertz CT molecular complexity index is 1900. The Balaban J connectivity index is 1.90. The molecule has 0 aliphatic heterocycles. The molecule has 0 aliphatic carbocycles. The molecule has 0 spiro atoms. The number of pyridine rings is 1. The van der Waals surface area contributed by atoms with Gasteiger partial charge in [0, 0.05) is 16.2 Å². The molecule has 0 unspecified atom stereocenters. The maximum atomic E-state index is 7.79. The van der Waals surface area contributed by atoms with Gasteiger partial charge in [-0.1, -0.05) is 72.8 Å². The van der Waals surface area contributed by atoms with Crippen LogP contribution in [0.2, 0.25) is 0 Å². The fraction of sp³-hybridized carbons (Fsp3) is 0. The maximum Gasteiger partial charge on any atom is 0.210 e. The number of hydrogen-bond acceptors (Lipinski definition) is 1. The molecular weight excluding hydrogens is 392 g/mol. The number of nitrogens with zero attached hydrogens (tertiary/aromatic N) is 4. The standard InChI is InChI=1S/C28H16N4/c1-29-21-13-5-8-16-24(21)31-23-15-7-4-12-20(23)26-18-10-2-3-11-19(18)27-30-22-14-6-9-17-25(22)32(27)28(26)31/h2-17H. The van der Waals surface area contributed by atoms with Crippen LogP contribution < -0.4 is 0 Å². The van der Waals surface area contributed by atoms with Gasteiger partial charge in [0.1, 0.15) is 11.3 Å². The second-order valence-electron chi connectivity index (χ2n) is 7.96. The zero-order valence-corrected chi connectivity index (χ0v) is 17.0. The van der Waals surface area contributed by atoms with Crippen LogP contribution in [0.4, 0.5) is 5.69 Å². The highest BCUT2D eigenvalue weighted by Gasteiger charge is 2.22. The summed E-state index contributed by atoms with van der Waals surface area (Å²) >= 11 is 0. The van der Waals surface area contributed by atoms with E-state index >= 15 is 0 Å². The number of hydrogen-bond donors (Lipinski definition) is 0.